The van der Waals surface area contributed by atoms with E-state index in [0.29, 0.717) is 12.1 Å². The van der Waals surface area contributed by atoms with Crippen LogP contribution in [-0.2, 0) is 6.54 Å². The molecule has 0 unspecified atom stereocenters. The number of halogens is 1. The molecule has 0 spiro atoms. The molecular weight excluding hydrogens is 157 g/mol. The van der Waals surface area contributed by atoms with Crippen molar-refractivity contribution in [2.24, 2.45) is 5.73 Å². The molecule has 0 bridgehead atoms. The summed E-state index contributed by atoms with van der Waals surface area (Å²) in [4.78, 5) is 0. The van der Waals surface area contributed by atoms with Crippen molar-refractivity contribution in [3.8, 4) is 0 Å². The van der Waals surface area contributed by atoms with Gasteiger partial charge in [0, 0.05) is 18.0 Å². The van der Waals surface area contributed by atoms with E-state index in [9.17, 15) is 4.39 Å². The molecule has 0 saturated heterocycles. The molecule has 3 nitrogen and oxygen atoms in total. The Labute approximate surface area is 68.4 Å². The highest BCUT2D eigenvalue weighted by atomic mass is 19.1. The minimum absolute atomic E-state index is 0.280. The fraction of sp³-hybridized carbons (Fsp3) is 0.125. The second-order valence-electron chi connectivity index (χ2n) is 2.57. The highest BCUT2D eigenvalue weighted by Gasteiger charge is 2.03. The number of aromatic nitrogens is 2. The minimum atomic E-state index is -0.280. The van der Waals surface area contributed by atoms with E-state index in [-0.39, 0.29) is 5.82 Å². The predicted octanol–water partition coefficient (Wildman–Crippen LogP) is 1.16. The molecule has 1 heterocycles. The molecule has 0 aliphatic carbocycles. The van der Waals surface area contributed by atoms with E-state index in [4.69, 9.17) is 5.73 Å². The largest absolute Gasteiger partial charge is 0.325 e. The molecule has 0 amide bonds. The second-order valence-corrected chi connectivity index (χ2v) is 2.57. The molecule has 62 valence electrons. The van der Waals surface area contributed by atoms with Gasteiger partial charge in [0.05, 0.1) is 11.2 Å². The van der Waals surface area contributed by atoms with Gasteiger partial charge in [0.2, 0.25) is 0 Å². The number of nitrogens with one attached hydrogen (secondary N) is 1. The van der Waals surface area contributed by atoms with Crippen molar-refractivity contribution in [1.29, 1.82) is 0 Å². The third-order valence-corrected chi connectivity index (χ3v) is 1.80. The Balaban J connectivity index is 2.73. The molecule has 0 fully saturated rings. The van der Waals surface area contributed by atoms with Gasteiger partial charge >= 0.3 is 0 Å². The molecule has 1 aromatic heterocycles. The maximum atomic E-state index is 12.7. The van der Waals surface area contributed by atoms with E-state index in [0.717, 1.165) is 11.1 Å². The van der Waals surface area contributed by atoms with Crippen LogP contribution >= 0.6 is 0 Å². The van der Waals surface area contributed by atoms with Gasteiger partial charge in [-0.1, -0.05) is 0 Å². The first-order chi connectivity index (χ1) is 5.81. The van der Waals surface area contributed by atoms with Gasteiger partial charge in [-0.15, -0.1) is 0 Å². The summed E-state index contributed by atoms with van der Waals surface area (Å²) < 4.78 is 12.7. The van der Waals surface area contributed by atoms with Crippen LogP contribution < -0.4 is 5.73 Å². The summed E-state index contributed by atoms with van der Waals surface area (Å²) in [5.74, 6) is -0.280. The molecule has 0 saturated carbocycles. The van der Waals surface area contributed by atoms with E-state index in [1.807, 2.05) is 0 Å². The molecular formula is C8H8FN3. The van der Waals surface area contributed by atoms with Crippen LogP contribution in [0, 0.1) is 5.82 Å². The van der Waals surface area contributed by atoms with Gasteiger partial charge in [-0.25, -0.2) is 4.39 Å². The Morgan fingerprint density at radius 3 is 3.08 bits per heavy atom. The molecule has 0 atom stereocenters. The van der Waals surface area contributed by atoms with E-state index < -0.39 is 0 Å². The number of rotatable bonds is 1. The van der Waals surface area contributed by atoms with Gasteiger partial charge in [0.25, 0.3) is 0 Å². The molecule has 1 aromatic carbocycles. The summed E-state index contributed by atoms with van der Waals surface area (Å²) in [6.07, 6.45) is 0. The van der Waals surface area contributed by atoms with E-state index in [1.165, 1.54) is 12.1 Å². The number of benzene rings is 1. The van der Waals surface area contributed by atoms with Crippen molar-refractivity contribution < 1.29 is 4.39 Å². The number of nitrogens with two attached hydrogens (primary N) is 1. The number of H-pyrrole nitrogens is 1. The van der Waals surface area contributed by atoms with Crippen LogP contribution in [-0.4, -0.2) is 10.2 Å². The minimum Gasteiger partial charge on any atom is -0.325 e. The molecule has 2 aromatic rings. The van der Waals surface area contributed by atoms with Crippen molar-refractivity contribution in [1.82, 2.24) is 10.2 Å². The zero-order valence-electron chi connectivity index (χ0n) is 6.34. The summed E-state index contributed by atoms with van der Waals surface area (Å²) >= 11 is 0. The third-order valence-electron chi connectivity index (χ3n) is 1.80. The quantitative estimate of drug-likeness (QED) is 0.666. The first-order valence-corrected chi connectivity index (χ1v) is 3.64. The van der Waals surface area contributed by atoms with Crippen LogP contribution in [0.1, 0.15) is 5.69 Å². The smallest absolute Gasteiger partial charge is 0.125 e. The van der Waals surface area contributed by atoms with Crippen LogP contribution in [0.2, 0.25) is 0 Å². The summed E-state index contributed by atoms with van der Waals surface area (Å²) in [6, 6.07) is 4.46. The van der Waals surface area contributed by atoms with Crippen LogP contribution in [0.5, 0.6) is 0 Å². The van der Waals surface area contributed by atoms with Crippen molar-refractivity contribution >= 4 is 10.9 Å². The van der Waals surface area contributed by atoms with E-state index in [1.54, 1.807) is 6.07 Å². The lowest BCUT2D eigenvalue weighted by molar-refractivity contribution is 0.629. The van der Waals surface area contributed by atoms with Crippen molar-refractivity contribution in [2.45, 2.75) is 6.54 Å². The molecule has 0 aliphatic rings. The summed E-state index contributed by atoms with van der Waals surface area (Å²) in [7, 11) is 0. The molecule has 0 aliphatic heterocycles. The third kappa shape index (κ3) is 0.967. The SMILES string of the molecule is NCc1[nH]nc2cc(F)ccc12. The highest BCUT2D eigenvalue weighted by molar-refractivity contribution is 5.81. The van der Waals surface area contributed by atoms with Gasteiger partial charge in [0.1, 0.15) is 5.82 Å². The number of hydrogen-bond acceptors (Lipinski definition) is 2. The number of hydrogen-bond donors (Lipinski definition) is 2. The van der Waals surface area contributed by atoms with Crippen molar-refractivity contribution in [3.63, 3.8) is 0 Å². The monoisotopic (exact) mass is 165 g/mol. The standard InChI is InChI=1S/C8H8FN3/c9-5-1-2-6-7(3-5)11-12-8(6)4-10/h1-3H,4,10H2,(H,11,12). The Morgan fingerprint density at radius 1 is 1.50 bits per heavy atom. The summed E-state index contributed by atoms with van der Waals surface area (Å²) in [6.45, 7) is 0.391. The van der Waals surface area contributed by atoms with Gasteiger partial charge in [-0.3, -0.25) is 5.10 Å². The molecule has 2 rings (SSSR count). The zero-order valence-corrected chi connectivity index (χ0v) is 6.34. The zero-order chi connectivity index (χ0) is 8.55. The average Bonchev–Trinajstić information content (AvgIpc) is 2.46. The van der Waals surface area contributed by atoms with Crippen LogP contribution in [0.4, 0.5) is 4.39 Å². The Bertz CT molecular complexity index is 408. The average molecular weight is 165 g/mol. The summed E-state index contributed by atoms with van der Waals surface area (Å²) in [5.41, 5.74) is 6.89. The number of fused-ring (bicyclic) bond motifs is 1. The topological polar surface area (TPSA) is 54.7 Å². The Morgan fingerprint density at radius 2 is 2.33 bits per heavy atom. The normalized spacial score (nSPS) is 10.8. The van der Waals surface area contributed by atoms with Crippen LogP contribution in [0.25, 0.3) is 10.9 Å². The van der Waals surface area contributed by atoms with E-state index >= 15 is 0 Å². The number of nitrogens with zero attached hydrogens (tertiary/aromatic N) is 1. The molecule has 0 radical (unpaired) electrons. The molecule has 12 heavy (non-hydrogen) atoms. The highest BCUT2D eigenvalue weighted by Crippen LogP contribution is 2.15. The van der Waals surface area contributed by atoms with Crippen molar-refractivity contribution in [3.05, 3.63) is 29.7 Å². The lowest BCUT2D eigenvalue weighted by atomic mass is 10.2. The molecule has 4 heteroatoms. The van der Waals surface area contributed by atoms with Gasteiger partial charge in [-0.05, 0) is 12.1 Å². The lowest BCUT2D eigenvalue weighted by Gasteiger charge is -1.91. The first kappa shape index (κ1) is 7.24. The first-order valence-electron chi connectivity index (χ1n) is 3.64. The summed E-state index contributed by atoms with van der Waals surface area (Å²) in [5, 5.41) is 7.54. The Hall–Kier alpha value is -1.42. The maximum absolute atomic E-state index is 12.7. The fourth-order valence-electron chi connectivity index (χ4n) is 1.20. The van der Waals surface area contributed by atoms with Gasteiger partial charge in [0.15, 0.2) is 0 Å². The van der Waals surface area contributed by atoms with Crippen LogP contribution in [0.15, 0.2) is 18.2 Å². The molecule has 3 N–H and O–H groups in total. The number of aromatic amines is 1. The Kier molecular flexibility index (Phi) is 1.55. The maximum Gasteiger partial charge on any atom is 0.125 e. The fourth-order valence-corrected chi connectivity index (χ4v) is 1.20. The predicted molar refractivity (Wildman–Crippen MR) is 43.9 cm³/mol. The lowest BCUT2D eigenvalue weighted by Crippen LogP contribution is -1.96. The second kappa shape index (κ2) is 2.57. The van der Waals surface area contributed by atoms with Gasteiger partial charge < -0.3 is 5.73 Å². The van der Waals surface area contributed by atoms with E-state index in [2.05, 4.69) is 10.2 Å². The van der Waals surface area contributed by atoms with Crippen LogP contribution in [0.3, 0.4) is 0 Å². The van der Waals surface area contributed by atoms with Gasteiger partial charge in [-0.2, -0.15) is 5.10 Å². The van der Waals surface area contributed by atoms with Crippen molar-refractivity contribution in [2.75, 3.05) is 0 Å².